The predicted molar refractivity (Wildman–Crippen MR) is 80.5 cm³/mol. The van der Waals surface area contributed by atoms with Crippen molar-refractivity contribution in [1.29, 1.82) is 0 Å². The molecule has 0 radical (unpaired) electrons. The van der Waals surface area contributed by atoms with Crippen LogP contribution < -0.4 is 4.72 Å². The molecular weight excluding hydrogens is 340 g/mol. The van der Waals surface area contributed by atoms with Crippen molar-refractivity contribution >= 4 is 10.0 Å². The maximum Gasteiger partial charge on any atom is 0.247 e. The first-order valence-corrected chi connectivity index (χ1v) is 9.11. The Kier molecular flexibility index (Phi) is 4.39. The quantitative estimate of drug-likeness (QED) is 0.909. The van der Waals surface area contributed by atoms with Crippen molar-refractivity contribution in [3.05, 3.63) is 41.5 Å². The van der Waals surface area contributed by atoms with Gasteiger partial charge in [-0.15, -0.1) is 0 Å². The molecule has 1 saturated carbocycles. The monoisotopic (exact) mass is 357 g/mol. The number of halogens is 2. The Morgan fingerprint density at radius 2 is 1.79 bits per heavy atom. The summed E-state index contributed by atoms with van der Waals surface area (Å²) in [5.41, 5.74) is -1.12. The molecule has 0 aliphatic heterocycles. The number of hydrogen-bond donors (Lipinski definition) is 1. The minimum atomic E-state index is -4.44. The van der Waals surface area contributed by atoms with E-state index in [0.717, 1.165) is 37.5 Å². The van der Waals surface area contributed by atoms with E-state index in [1.54, 1.807) is 6.92 Å². The number of benzene rings is 1. The third kappa shape index (κ3) is 3.05. The molecule has 6 nitrogen and oxygen atoms in total. The molecule has 1 heterocycles. The van der Waals surface area contributed by atoms with E-state index >= 15 is 0 Å². The third-order valence-electron chi connectivity index (χ3n) is 4.18. The lowest BCUT2D eigenvalue weighted by Gasteiger charge is -2.34. The standard InChI is InChI=1S/C15H17F2N3O3S/c1-10-18-14(19-23-10)15(8-3-2-4-9-15)20-24(21,22)13-11(16)6-5-7-12(13)17/h5-7,20H,2-4,8-9H2,1H3. The molecule has 0 unspecified atom stereocenters. The van der Waals surface area contributed by atoms with Crippen LogP contribution in [0.3, 0.4) is 0 Å². The van der Waals surface area contributed by atoms with Crippen LogP contribution in [0.2, 0.25) is 0 Å². The SMILES string of the molecule is Cc1nc(C2(NS(=O)(=O)c3c(F)cccc3F)CCCCC2)no1. The largest absolute Gasteiger partial charge is 0.340 e. The van der Waals surface area contributed by atoms with Gasteiger partial charge in [0.25, 0.3) is 0 Å². The van der Waals surface area contributed by atoms with Crippen LogP contribution in [0.4, 0.5) is 8.78 Å². The summed E-state index contributed by atoms with van der Waals surface area (Å²) in [5, 5.41) is 3.83. The summed E-state index contributed by atoms with van der Waals surface area (Å²) in [6.45, 7) is 1.60. The summed E-state index contributed by atoms with van der Waals surface area (Å²) in [6, 6.07) is 2.93. The van der Waals surface area contributed by atoms with Crippen LogP contribution in [-0.2, 0) is 15.6 Å². The highest BCUT2D eigenvalue weighted by Gasteiger charge is 2.43. The Labute approximate surface area is 138 Å². The van der Waals surface area contributed by atoms with Crippen LogP contribution in [0.15, 0.2) is 27.6 Å². The Bertz CT molecular complexity index is 825. The van der Waals surface area contributed by atoms with E-state index in [9.17, 15) is 17.2 Å². The minimum absolute atomic E-state index is 0.194. The van der Waals surface area contributed by atoms with Crippen molar-refractivity contribution in [1.82, 2.24) is 14.9 Å². The fourth-order valence-corrected chi connectivity index (χ4v) is 4.63. The van der Waals surface area contributed by atoms with E-state index in [1.165, 1.54) is 0 Å². The fourth-order valence-electron chi connectivity index (χ4n) is 3.07. The Morgan fingerprint density at radius 1 is 1.17 bits per heavy atom. The molecule has 9 heteroatoms. The van der Waals surface area contributed by atoms with Crippen molar-refractivity contribution in [3.63, 3.8) is 0 Å². The first-order chi connectivity index (χ1) is 11.3. The molecule has 1 aromatic carbocycles. The number of sulfonamides is 1. The van der Waals surface area contributed by atoms with Gasteiger partial charge in [0.15, 0.2) is 10.7 Å². The van der Waals surface area contributed by atoms with Crippen LogP contribution >= 0.6 is 0 Å². The van der Waals surface area contributed by atoms with Crippen molar-refractivity contribution in [2.45, 2.75) is 49.5 Å². The second-order valence-corrected chi connectivity index (χ2v) is 7.56. The zero-order chi connectivity index (χ0) is 17.4. The highest BCUT2D eigenvalue weighted by atomic mass is 32.2. The van der Waals surface area contributed by atoms with Gasteiger partial charge in [-0.2, -0.15) is 9.71 Å². The summed E-state index contributed by atoms with van der Waals surface area (Å²) < 4.78 is 60.6. The van der Waals surface area contributed by atoms with Gasteiger partial charge in [-0.25, -0.2) is 17.2 Å². The van der Waals surface area contributed by atoms with Crippen LogP contribution in [0, 0.1) is 18.6 Å². The van der Waals surface area contributed by atoms with E-state index in [-0.39, 0.29) is 5.82 Å². The van der Waals surface area contributed by atoms with E-state index < -0.39 is 32.1 Å². The molecule has 3 rings (SSSR count). The zero-order valence-electron chi connectivity index (χ0n) is 13.1. The molecule has 0 amide bonds. The molecule has 1 aliphatic rings. The van der Waals surface area contributed by atoms with E-state index in [1.807, 2.05) is 0 Å². The van der Waals surface area contributed by atoms with Crippen molar-refractivity contribution in [2.75, 3.05) is 0 Å². The van der Waals surface area contributed by atoms with Crippen LogP contribution in [-0.4, -0.2) is 18.6 Å². The van der Waals surface area contributed by atoms with Gasteiger partial charge in [-0.3, -0.25) is 0 Å². The normalized spacial score (nSPS) is 17.8. The number of aromatic nitrogens is 2. The van der Waals surface area contributed by atoms with Gasteiger partial charge in [-0.1, -0.05) is 30.5 Å². The zero-order valence-corrected chi connectivity index (χ0v) is 13.9. The van der Waals surface area contributed by atoms with Gasteiger partial charge in [-0.05, 0) is 25.0 Å². The van der Waals surface area contributed by atoms with Gasteiger partial charge in [0.2, 0.25) is 15.9 Å². The molecule has 24 heavy (non-hydrogen) atoms. The first kappa shape index (κ1) is 17.0. The van der Waals surface area contributed by atoms with Crippen LogP contribution in [0.5, 0.6) is 0 Å². The van der Waals surface area contributed by atoms with Gasteiger partial charge in [0.1, 0.15) is 11.6 Å². The average Bonchev–Trinajstić information content (AvgIpc) is 2.94. The maximum absolute atomic E-state index is 13.9. The van der Waals surface area contributed by atoms with E-state index in [0.29, 0.717) is 18.7 Å². The minimum Gasteiger partial charge on any atom is -0.340 e. The fraction of sp³-hybridized carbons (Fsp3) is 0.467. The summed E-state index contributed by atoms with van der Waals surface area (Å²) in [6.07, 6.45) is 3.29. The Hall–Kier alpha value is -1.87. The second-order valence-electron chi connectivity index (χ2n) is 5.94. The number of nitrogens with zero attached hydrogens (tertiary/aromatic N) is 2. The molecule has 1 N–H and O–H groups in total. The number of aryl methyl sites for hydroxylation is 1. The summed E-state index contributed by atoms with van der Waals surface area (Å²) >= 11 is 0. The summed E-state index contributed by atoms with van der Waals surface area (Å²) in [5.74, 6) is -1.79. The number of hydrogen-bond acceptors (Lipinski definition) is 5. The molecule has 1 fully saturated rings. The summed E-state index contributed by atoms with van der Waals surface area (Å²) in [4.78, 5) is 3.15. The third-order valence-corrected chi connectivity index (χ3v) is 5.77. The highest BCUT2D eigenvalue weighted by Crippen LogP contribution is 2.37. The van der Waals surface area contributed by atoms with Gasteiger partial charge >= 0.3 is 0 Å². The molecule has 0 atom stereocenters. The molecule has 1 aliphatic carbocycles. The smallest absolute Gasteiger partial charge is 0.247 e. The Morgan fingerprint density at radius 3 is 2.33 bits per heavy atom. The second kappa shape index (κ2) is 6.21. The van der Waals surface area contributed by atoms with Crippen LogP contribution in [0.1, 0.15) is 43.8 Å². The van der Waals surface area contributed by atoms with Gasteiger partial charge in [0, 0.05) is 6.92 Å². The first-order valence-electron chi connectivity index (χ1n) is 7.63. The van der Waals surface area contributed by atoms with Crippen molar-refractivity contribution < 1.29 is 21.7 Å². The number of nitrogens with one attached hydrogen (secondary N) is 1. The molecule has 2 aromatic rings. The van der Waals surface area contributed by atoms with Gasteiger partial charge < -0.3 is 4.52 Å². The lowest BCUT2D eigenvalue weighted by Crippen LogP contribution is -2.48. The lowest BCUT2D eigenvalue weighted by molar-refractivity contribution is 0.248. The van der Waals surface area contributed by atoms with Crippen LogP contribution in [0.25, 0.3) is 0 Å². The molecule has 130 valence electrons. The predicted octanol–water partition coefficient (Wildman–Crippen LogP) is 2.79. The molecule has 0 bridgehead atoms. The Balaban J connectivity index is 2.04. The summed E-state index contributed by atoms with van der Waals surface area (Å²) in [7, 11) is -4.44. The molecule has 0 spiro atoms. The van der Waals surface area contributed by atoms with Gasteiger partial charge in [0.05, 0.1) is 5.54 Å². The molecule has 1 aromatic heterocycles. The number of rotatable bonds is 4. The lowest BCUT2D eigenvalue weighted by atomic mass is 9.82. The van der Waals surface area contributed by atoms with Crippen molar-refractivity contribution in [3.8, 4) is 0 Å². The molecule has 0 saturated heterocycles. The average molecular weight is 357 g/mol. The molecular formula is C15H17F2N3O3S. The highest BCUT2D eigenvalue weighted by molar-refractivity contribution is 7.89. The topological polar surface area (TPSA) is 85.1 Å². The van der Waals surface area contributed by atoms with E-state index in [2.05, 4.69) is 14.9 Å². The maximum atomic E-state index is 13.9. The van der Waals surface area contributed by atoms with Crippen molar-refractivity contribution in [2.24, 2.45) is 0 Å². The van der Waals surface area contributed by atoms with E-state index in [4.69, 9.17) is 4.52 Å².